The van der Waals surface area contributed by atoms with Crippen LogP contribution in [-0.2, 0) is 14.5 Å². The Morgan fingerprint density at radius 1 is 0.955 bits per heavy atom. The third-order valence-corrected chi connectivity index (χ3v) is 18.8. The number of methoxy groups -OCH3 is 1. The second-order valence-corrected chi connectivity index (χ2v) is 25.4. The number of benzene rings is 2. The number of aryl methyl sites for hydroxylation is 1. The van der Waals surface area contributed by atoms with Crippen LogP contribution in [-0.4, -0.2) is 50.0 Å². The van der Waals surface area contributed by atoms with Crippen LogP contribution in [0.5, 0.6) is 17.2 Å². The van der Waals surface area contributed by atoms with E-state index in [2.05, 4.69) is 86.2 Å². The first-order valence-electron chi connectivity index (χ1n) is 14.8. The van der Waals surface area contributed by atoms with Crippen molar-refractivity contribution < 1.29 is 31.3 Å². The Labute approximate surface area is 268 Å². The number of ether oxygens (including phenoxy) is 1. The first kappa shape index (κ1) is 37.6. The second kappa shape index (κ2) is 13.8. The van der Waals surface area contributed by atoms with Gasteiger partial charge < -0.3 is 22.9 Å². The highest BCUT2D eigenvalue weighted by Crippen LogP contribution is 2.48. The lowest BCUT2D eigenvalue weighted by Crippen LogP contribution is -2.44. The summed E-state index contributed by atoms with van der Waals surface area (Å²) in [5, 5.41) is 10.8. The molecule has 1 atom stereocenters. The van der Waals surface area contributed by atoms with Crippen molar-refractivity contribution in [3.63, 3.8) is 0 Å². The third kappa shape index (κ3) is 9.24. The van der Waals surface area contributed by atoms with Gasteiger partial charge in [0, 0.05) is 17.5 Å². The first-order valence-corrected chi connectivity index (χ1v) is 22.1. The van der Waals surface area contributed by atoms with E-state index in [1.807, 2.05) is 6.92 Å². The topological polar surface area (TPSA) is 91.3 Å². The van der Waals surface area contributed by atoms with Crippen LogP contribution in [0.15, 0.2) is 41.8 Å². The van der Waals surface area contributed by atoms with Crippen molar-refractivity contribution in [2.24, 2.45) is 0 Å². The Morgan fingerprint density at radius 3 is 2.00 bits per heavy atom. The summed E-state index contributed by atoms with van der Waals surface area (Å²) in [6, 6.07) is 8.06. The van der Waals surface area contributed by atoms with Gasteiger partial charge in [-0.25, -0.2) is 0 Å². The van der Waals surface area contributed by atoms with Crippen molar-refractivity contribution in [1.82, 2.24) is 0 Å². The second-order valence-electron chi connectivity index (χ2n) is 14.3. The Kier molecular flexibility index (Phi) is 11.8. The third-order valence-electron chi connectivity index (χ3n) is 8.71. The maximum atomic E-state index is 13.3. The molecule has 0 spiro atoms. The van der Waals surface area contributed by atoms with Crippen molar-refractivity contribution in [2.75, 3.05) is 13.7 Å². The average Bonchev–Trinajstić information content (AvgIpc) is 2.87. The van der Waals surface area contributed by atoms with Gasteiger partial charge >= 0.3 is 10.1 Å². The molecule has 0 fully saturated rings. The molecule has 244 valence electrons. The van der Waals surface area contributed by atoms with E-state index in [9.17, 15) is 13.5 Å². The van der Waals surface area contributed by atoms with E-state index in [1.165, 1.54) is 19.2 Å². The van der Waals surface area contributed by atoms with Crippen LogP contribution >= 0.6 is 0 Å². The van der Waals surface area contributed by atoms with E-state index in [0.717, 1.165) is 5.56 Å². The molecule has 0 aliphatic rings. The fraction of sp³-hybridized carbons (Fsp3) is 0.529. The van der Waals surface area contributed by atoms with Crippen molar-refractivity contribution in [3.05, 3.63) is 53.6 Å². The van der Waals surface area contributed by atoms with Crippen LogP contribution < -0.4 is 13.3 Å². The Bertz CT molecular complexity index is 1500. The summed E-state index contributed by atoms with van der Waals surface area (Å²) in [6.45, 7) is 29.5. The van der Waals surface area contributed by atoms with Gasteiger partial charge in [0.1, 0.15) is 16.7 Å². The molecule has 2 rings (SSSR count). The van der Waals surface area contributed by atoms with Gasteiger partial charge in [-0.2, -0.15) is 8.42 Å². The number of aliphatic hydroxyl groups excluding tert-OH is 1. The molecule has 44 heavy (non-hydrogen) atoms. The highest BCUT2D eigenvalue weighted by molar-refractivity contribution is 7.87. The van der Waals surface area contributed by atoms with Crippen molar-refractivity contribution in [1.29, 1.82) is 0 Å². The highest BCUT2D eigenvalue weighted by Gasteiger charge is 2.41. The van der Waals surface area contributed by atoms with Gasteiger partial charge in [-0.3, -0.25) is 0 Å². The molecule has 0 amide bonds. The summed E-state index contributed by atoms with van der Waals surface area (Å²) >= 11 is 0. The van der Waals surface area contributed by atoms with E-state index in [-0.39, 0.29) is 33.7 Å². The van der Waals surface area contributed by atoms with E-state index >= 15 is 0 Å². The standard InChI is InChI=1S/C34H52O7SSi2/c1-24-17-19-28(20-18-24)42(36,37)40-30-23-29(32(31(38-10)26(30)3)41-44(13,14)34(7,8)9)25(2)22-27(35)16-15-21-39-43(11,12)33(4,5)6/h17-20,23,27,35H,2,21-22H2,1,3-14H3. The van der Waals surface area contributed by atoms with Crippen LogP contribution in [0.3, 0.4) is 0 Å². The Morgan fingerprint density at radius 2 is 1.50 bits per heavy atom. The van der Waals surface area contributed by atoms with Crippen molar-refractivity contribution in [2.45, 2.75) is 109 Å². The average molecular weight is 661 g/mol. The molecular weight excluding hydrogens is 609 g/mol. The molecular formula is C34H52O7SSi2. The SMILES string of the molecule is C=C(CC(O)C#CCO[Si](C)(C)C(C)(C)C)c1cc(OS(=O)(=O)c2ccc(C)cc2)c(C)c(OC)c1O[Si](C)(C)C(C)(C)C. The predicted octanol–water partition coefficient (Wildman–Crippen LogP) is 8.25. The van der Waals surface area contributed by atoms with Gasteiger partial charge in [0.2, 0.25) is 0 Å². The molecule has 2 aromatic carbocycles. The highest BCUT2D eigenvalue weighted by atomic mass is 32.2. The zero-order chi connectivity index (χ0) is 33.9. The molecule has 0 heterocycles. The largest absolute Gasteiger partial charge is 0.541 e. The van der Waals surface area contributed by atoms with Crippen molar-refractivity contribution >= 4 is 32.3 Å². The maximum absolute atomic E-state index is 13.3. The maximum Gasteiger partial charge on any atom is 0.339 e. The Balaban J connectivity index is 2.55. The summed E-state index contributed by atoms with van der Waals surface area (Å²) in [6.07, 6.45) is -0.934. The van der Waals surface area contributed by atoms with E-state index in [1.54, 1.807) is 25.1 Å². The molecule has 0 radical (unpaired) electrons. The number of hydrogen-bond acceptors (Lipinski definition) is 7. The van der Waals surface area contributed by atoms with Gasteiger partial charge in [0.05, 0.1) is 13.7 Å². The number of hydrogen-bond donors (Lipinski definition) is 1. The minimum absolute atomic E-state index is 0.0362. The minimum Gasteiger partial charge on any atom is -0.541 e. The molecule has 7 nitrogen and oxygen atoms in total. The van der Waals surface area contributed by atoms with Gasteiger partial charge in [-0.05, 0) is 73.9 Å². The Hall–Kier alpha value is -2.56. The van der Waals surface area contributed by atoms with Crippen molar-refractivity contribution in [3.8, 4) is 29.1 Å². The minimum atomic E-state index is -4.15. The van der Waals surface area contributed by atoms with Crippen LogP contribution in [0.1, 0.15) is 64.7 Å². The van der Waals surface area contributed by atoms with Crippen LogP contribution in [0.25, 0.3) is 5.57 Å². The summed E-state index contributed by atoms with van der Waals surface area (Å²) in [4.78, 5) is 0.0362. The lowest BCUT2D eigenvalue weighted by atomic mass is 9.98. The molecule has 1 unspecified atom stereocenters. The lowest BCUT2D eigenvalue weighted by molar-refractivity contribution is 0.238. The fourth-order valence-electron chi connectivity index (χ4n) is 3.67. The van der Waals surface area contributed by atoms with Crippen LogP contribution in [0.4, 0.5) is 0 Å². The smallest absolute Gasteiger partial charge is 0.339 e. The number of aliphatic hydroxyl groups is 1. The monoisotopic (exact) mass is 660 g/mol. The summed E-state index contributed by atoms with van der Waals surface area (Å²) in [5.41, 5.74) is 2.39. The molecule has 0 saturated heterocycles. The van der Waals surface area contributed by atoms with Gasteiger partial charge in [-0.1, -0.05) is 77.7 Å². The summed E-state index contributed by atoms with van der Waals surface area (Å²) in [5.74, 6) is 6.71. The molecule has 0 bridgehead atoms. The number of rotatable bonds is 11. The quantitative estimate of drug-likeness (QED) is 0.147. The molecule has 0 aliphatic heterocycles. The molecule has 0 aromatic heterocycles. The summed E-state index contributed by atoms with van der Waals surface area (Å²) < 4.78 is 50.9. The molecule has 0 aliphatic carbocycles. The zero-order valence-corrected chi connectivity index (χ0v) is 31.7. The zero-order valence-electron chi connectivity index (χ0n) is 28.9. The van der Waals surface area contributed by atoms with E-state index < -0.39 is 32.9 Å². The summed E-state index contributed by atoms with van der Waals surface area (Å²) in [7, 11) is -7.01. The van der Waals surface area contributed by atoms with Gasteiger partial charge in [0.25, 0.3) is 8.32 Å². The normalized spacial score (nSPS) is 13.5. The molecule has 2 aromatic rings. The molecule has 1 N–H and O–H groups in total. The van der Waals surface area contributed by atoms with Gasteiger partial charge in [0.15, 0.2) is 19.8 Å². The van der Waals surface area contributed by atoms with E-state index in [4.69, 9.17) is 17.8 Å². The lowest BCUT2D eigenvalue weighted by Gasteiger charge is -2.38. The predicted molar refractivity (Wildman–Crippen MR) is 185 cm³/mol. The first-order chi connectivity index (χ1) is 19.9. The van der Waals surface area contributed by atoms with Crippen LogP contribution in [0.2, 0.25) is 36.3 Å². The fourth-order valence-corrected chi connectivity index (χ4v) is 6.53. The van der Waals surface area contributed by atoms with Gasteiger partial charge in [-0.15, -0.1) is 0 Å². The van der Waals surface area contributed by atoms with E-state index in [0.29, 0.717) is 28.2 Å². The van der Waals surface area contributed by atoms with Crippen LogP contribution in [0, 0.1) is 25.7 Å². The molecule has 10 heteroatoms. The molecule has 0 saturated carbocycles.